The normalized spacial score (nSPS) is 16.1. The molecular formula is C28H30N4O3. The van der Waals surface area contributed by atoms with Crippen molar-refractivity contribution in [1.29, 1.82) is 5.26 Å². The maximum atomic E-state index is 13.7. The van der Waals surface area contributed by atoms with E-state index in [-0.39, 0.29) is 11.5 Å². The first-order valence-corrected chi connectivity index (χ1v) is 12.1. The summed E-state index contributed by atoms with van der Waals surface area (Å²) < 4.78 is 1.50. The molecule has 1 N–H and O–H groups in total. The van der Waals surface area contributed by atoms with Crippen LogP contribution in [0.25, 0.3) is 0 Å². The zero-order valence-corrected chi connectivity index (χ0v) is 20.1. The van der Waals surface area contributed by atoms with Crippen LogP contribution in [-0.2, 0) is 6.42 Å². The van der Waals surface area contributed by atoms with Crippen molar-refractivity contribution < 1.29 is 9.90 Å². The molecule has 0 aliphatic carbocycles. The largest absolute Gasteiger partial charge is 0.493 e. The SMILES string of the molecule is CCCCc1nc(O)c(C(=O)N2CC[C@@H](c3ccccc3)C2)c(=O)n1[C@@H](C)c1cccc(C#N)c1. The minimum Gasteiger partial charge on any atom is -0.493 e. The van der Waals surface area contributed by atoms with Crippen LogP contribution in [0.5, 0.6) is 5.88 Å². The lowest BCUT2D eigenvalue weighted by Gasteiger charge is -2.23. The quantitative estimate of drug-likeness (QED) is 0.552. The predicted octanol–water partition coefficient (Wildman–Crippen LogP) is 4.40. The fraction of sp³-hybridized carbons (Fsp3) is 0.357. The van der Waals surface area contributed by atoms with Gasteiger partial charge in [0, 0.05) is 25.4 Å². The first-order valence-electron chi connectivity index (χ1n) is 12.1. The minimum atomic E-state index is -0.549. The topological polar surface area (TPSA) is 99.2 Å². The van der Waals surface area contributed by atoms with Gasteiger partial charge in [0.25, 0.3) is 11.5 Å². The van der Waals surface area contributed by atoms with E-state index in [0.29, 0.717) is 30.9 Å². The fourth-order valence-corrected chi connectivity index (χ4v) is 4.78. The number of hydrogen-bond acceptors (Lipinski definition) is 5. The summed E-state index contributed by atoms with van der Waals surface area (Å²) in [5.41, 5.74) is 1.57. The van der Waals surface area contributed by atoms with Gasteiger partial charge in [-0.05, 0) is 43.0 Å². The highest BCUT2D eigenvalue weighted by molar-refractivity contribution is 5.96. The van der Waals surface area contributed by atoms with E-state index < -0.39 is 23.4 Å². The summed E-state index contributed by atoms with van der Waals surface area (Å²) in [6, 6.07) is 18.7. The number of hydrogen-bond donors (Lipinski definition) is 1. The molecule has 0 bridgehead atoms. The molecule has 1 aliphatic rings. The third-order valence-corrected chi connectivity index (χ3v) is 6.77. The Labute approximate surface area is 205 Å². The lowest BCUT2D eigenvalue weighted by atomic mass is 9.99. The third kappa shape index (κ3) is 4.97. The summed E-state index contributed by atoms with van der Waals surface area (Å²) in [5, 5.41) is 20.0. The molecule has 1 amide bonds. The van der Waals surface area contributed by atoms with E-state index in [4.69, 9.17) is 0 Å². The zero-order chi connectivity index (χ0) is 24.9. The third-order valence-electron chi connectivity index (χ3n) is 6.77. The van der Waals surface area contributed by atoms with Crippen LogP contribution in [0, 0.1) is 11.3 Å². The molecule has 4 rings (SSSR count). The van der Waals surface area contributed by atoms with Crippen molar-refractivity contribution in [2.45, 2.75) is 51.5 Å². The number of aromatic nitrogens is 2. The van der Waals surface area contributed by atoms with Crippen LogP contribution in [0.4, 0.5) is 0 Å². The molecule has 0 radical (unpaired) electrons. The van der Waals surface area contributed by atoms with Gasteiger partial charge in [0.1, 0.15) is 5.82 Å². The molecular weight excluding hydrogens is 440 g/mol. The average Bonchev–Trinajstić information content (AvgIpc) is 3.38. The van der Waals surface area contributed by atoms with Gasteiger partial charge in [0.15, 0.2) is 5.56 Å². The Balaban J connectivity index is 1.72. The van der Waals surface area contributed by atoms with Crippen LogP contribution >= 0.6 is 0 Å². The molecule has 1 fully saturated rings. The Kier molecular flexibility index (Phi) is 7.31. The van der Waals surface area contributed by atoms with E-state index in [2.05, 4.69) is 11.1 Å². The Morgan fingerprint density at radius 3 is 2.71 bits per heavy atom. The number of benzene rings is 2. The number of aromatic hydroxyl groups is 1. The molecule has 1 aliphatic heterocycles. The second-order valence-electron chi connectivity index (χ2n) is 9.07. The standard InChI is InChI=1S/C28H30N4O3/c1-3-4-13-24-30-26(33)25(27(34)31-15-14-23(18-31)21-10-6-5-7-11-21)28(35)32(24)19(2)22-12-8-9-20(16-22)17-29/h5-12,16,19,23,33H,3-4,13-15,18H2,1-2H3/t19-,23+/m0/s1. The van der Waals surface area contributed by atoms with E-state index in [0.717, 1.165) is 30.4 Å². The van der Waals surface area contributed by atoms with Gasteiger partial charge >= 0.3 is 0 Å². The summed E-state index contributed by atoms with van der Waals surface area (Å²) in [4.78, 5) is 33.2. The van der Waals surface area contributed by atoms with Gasteiger partial charge in [-0.15, -0.1) is 0 Å². The van der Waals surface area contributed by atoms with Crippen molar-refractivity contribution >= 4 is 5.91 Å². The van der Waals surface area contributed by atoms with E-state index in [1.807, 2.05) is 50.2 Å². The lowest BCUT2D eigenvalue weighted by Crippen LogP contribution is -2.38. The molecule has 7 nitrogen and oxygen atoms in total. The Morgan fingerprint density at radius 2 is 2.00 bits per heavy atom. The fourth-order valence-electron chi connectivity index (χ4n) is 4.78. The second kappa shape index (κ2) is 10.6. The summed E-state index contributed by atoms with van der Waals surface area (Å²) >= 11 is 0. The summed E-state index contributed by atoms with van der Waals surface area (Å²) in [5.74, 6) is -0.381. The number of nitriles is 1. The van der Waals surface area contributed by atoms with Gasteiger partial charge in [-0.1, -0.05) is 55.8 Å². The van der Waals surface area contributed by atoms with E-state index in [1.54, 1.807) is 23.1 Å². The number of carbonyl (C=O) groups is 1. The van der Waals surface area contributed by atoms with Crippen molar-refractivity contribution in [3.8, 4) is 11.9 Å². The molecule has 2 aromatic carbocycles. The molecule has 2 heterocycles. The van der Waals surface area contributed by atoms with Crippen molar-refractivity contribution in [3.63, 3.8) is 0 Å². The molecule has 1 aromatic heterocycles. The molecule has 7 heteroatoms. The summed E-state index contributed by atoms with van der Waals surface area (Å²) in [7, 11) is 0. The van der Waals surface area contributed by atoms with Crippen LogP contribution in [0.15, 0.2) is 59.4 Å². The van der Waals surface area contributed by atoms with Crippen LogP contribution in [-0.4, -0.2) is 38.6 Å². The van der Waals surface area contributed by atoms with Gasteiger partial charge in [-0.25, -0.2) is 0 Å². The first kappa shape index (κ1) is 24.2. The molecule has 180 valence electrons. The minimum absolute atomic E-state index is 0.189. The molecule has 3 aromatic rings. The summed E-state index contributed by atoms with van der Waals surface area (Å²) in [6.45, 7) is 4.88. The van der Waals surface area contributed by atoms with Crippen LogP contribution < -0.4 is 5.56 Å². The van der Waals surface area contributed by atoms with Gasteiger partial charge in [-0.2, -0.15) is 10.2 Å². The summed E-state index contributed by atoms with van der Waals surface area (Å²) in [6.07, 6.45) is 2.97. The van der Waals surface area contributed by atoms with Crippen LogP contribution in [0.2, 0.25) is 0 Å². The number of aryl methyl sites for hydroxylation is 1. The highest BCUT2D eigenvalue weighted by Gasteiger charge is 2.33. The predicted molar refractivity (Wildman–Crippen MR) is 133 cm³/mol. The Hall–Kier alpha value is -3.92. The Morgan fingerprint density at radius 1 is 1.23 bits per heavy atom. The van der Waals surface area contributed by atoms with Gasteiger partial charge in [0.05, 0.1) is 17.7 Å². The molecule has 35 heavy (non-hydrogen) atoms. The smallest absolute Gasteiger partial charge is 0.270 e. The molecule has 2 atom stereocenters. The molecule has 1 saturated heterocycles. The number of likely N-dealkylation sites (tertiary alicyclic amines) is 1. The number of rotatable bonds is 7. The number of nitrogens with zero attached hydrogens (tertiary/aromatic N) is 4. The monoisotopic (exact) mass is 470 g/mol. The van der Waals surface area contributed by atoms with Crippen molar-refractivity contribution in [2.75, 3.05) is 13.1 Å². The van der Waals surface area contributed by atoms with E-state index in [9.17, 15) is 20.0 Å². The van der Waals surface area contributed by atoms with Gasteiger partial charge < -0.3 is 10.0 Å². The number of carbonyl (C=O) groups excluding carboxylic acids is 1. The first-order chi connectivity index (χ1) is 16.9. The average molecular weight is 471 g/mol. The van der Waals surface area contributed by atoms with Gasteiger partial charge in [-0.3, -0.25) is 14.2 Å². The molecule has 0 unspecified atom stereocenters. The molecule has 0 spiro atoms. The van der Waals surface area contributed by atoms with Crippen molar-refractivity contribution in [2.24, 2.45) is 0 Å². The van der Waals surface area contributed by atoms with Gasteiger partial charge in [0.2, 0.25) is 5.88 Å². The highest BCUT2D eigenvalue weighted by Crippen LogP contribution is 2.29. The van der Waals surface area contributed by atoms with Crippen LogP contribution in [0.1, 0.15) is 77.9 Å². The van der Waals surface area contributed by atoms with Crippen LogP contribution in [0.3, 0.4) is 0 Å². The maximum absolute atomic E-state index is 13.7. The van der Waals surface area contributed by atoms with Crippen molar-refractivity contribution in [3.05, 3.63) is 93.0 Å². The highest BCUT2D eigenvalue weighted by atomic mass is 16.3. The van der Waals surface area contributed by atoms with E-state index in [1.165, 1.54) is 4.57 Å². The van der Waals surface area contributed by atoms with Crippen molar-refractivity contribution in [1.82, 2.24) is 14.5 Å². The number of amides is 1. The Bertz CT molecular complexity index is 1310. The van der Waals surface area contributed by atoms with E-state index >= 15 is 0 Å². The maximum Gasteiger partial charge on any atom is 0.270 e. The zero-order valence-electron chi connectivity index (χ0n) is 20.1. The second-order valence-corrected chi connectivity index (χ2v) is 9.07. The molecule has 0 saturated carbocycles. The number of unbranched alkanes of at least 4 members (excludes halogenated alkanes) is 1. The lowest BCUT2D eigenvalue weighted by molar-refractivity contribution is 0.0783.